The van der Waals surface area contributed by atoms with Crippen LogP contribution in [-0.2, 0) is 4.84 Å². The average Bonchev–Trinajstić information content (AvgIpc) is 2.50. The first-order valence-electron chi connectivity index (χ1n) is 5.99. The summed E-state index contributed by atoms with van der Waals surface area (Å²) in [7, 11) is 1.40. The van der Waals surface area contributed by atoms with E-state index >= 15 is 0 Å². The number of nitrogens with zero attached hydrogens (tertiary/aromatic N) is 2. The standard InChI is InChI=1S/C14H10Cl2N2O3S/c1-21-17-8-9-7-10(18(19)20)5-6-12(9)22-13-4-2-3-11(15)14(13)16/h2-8H,1H3/b17-8+. The number of nitro groups is 1. The van der Waals surface area contributed by atoms with Crippen LogP contribution >= 0.6 is 35.0 Å². The van der Waals surface area contributed by atoms with E-state index in [1.165, 1.54) is 37.2 Å². The second-order valence-corrected chi connectivity index (χ2v) is 5.92. The van der Waals surface area contributed by atoms with Gasteiger partial charge in [0, 0.05) is 27.5 Å². The second-order valence-electron chi connectivity index (χ2n) is 4.05. The van der Waals surface area contributed by atoms with Crippen LogP contribution in [0.25, 0.3) is 0 Å². The first kappa shape index (κ1) is 16.6. The van der Waals surface area contributed by atoms with Gasteiger partial charge in [0.1, 0.15) is 7.11 Å². The Kier molecular flexibility index (Phi) is 5.65. The first-order valence-corrected chi connectivity index (χ1v) is 7.57. The van der Waals surface area contributed by atoms with E-state index < -0.39 is 4.92 Å². The summed E-state index contributed by atoms with van der Waals surface area (Å²) in [6.45, 7) is 0. The highest BCUT2D eigenvalue weighted by atomic mass is 35.5. The topological polar surface area (TPSA) is 64.7 Å². The van der Waals surface area contributed by atoms with Gasteiger partial charge in [-0.25, -0.2) is 0 Å². The van der Waals surface area contributed by atoms with Crippen molar-refractivity contribution in [1.29, 1.82) is 0 Å². The summed E-state index contributed by atoms with van der Waals surface area (Å²) in [4.78, 5) is 16.5. The van der Waals surface area contributed by atoms with Crippen LogP contribution in [0.4, 0.5) is 5.69 Å². The third-order valence-electron chi connectivity index (χ3n) is 2.64. The molecule has 0 fully saturated rings. The number of hydrogen-bond donors (Lipinski definition) is 0. The van der Waals surface area contributed by atoms with Crippen LogP contribution < -0.4 is 0 Å². The van der Waals surface area contributed by atoms with Crippen molar-refractivity contribution in [3.63, 3.8) is 0 Å². The molecule has 2 aromatic rings. The molecule has 0 saturated heterocycles. The second kappa shape index (κ2) is 7.49. The minimum atomic E-state index is -0.467. The van der Waals surface area contributed by atoms with E-state index in [2.05, 4.69) is 9.99 Å². The smallest absolute Gasteiger partial charge is 0.270 e. The summed E-state index contributed by atoms with van der Waals surface area (Å²) < 4.78 is 0. The van der Waals surface area contributed by atoms with Crippen molar-refractivity contribution in [3.8, 4) is 0 Å². The lowest BCUT2D eigenvalue weighted by molar-refractivity contribution is -0.384. The Labute approximate surface area is 141 Å². The molecule has 0 spiro atoms. The van der Waals surface area contributed by atoms with Gasteiger partial charge in [0.25, 0.3) is 5.69 Å². The van der Waals surface area contributed by atoms with Gasteiger partial charge in [0.15, 0.2) is 0 Å². The van der Waals surface area contributed by atoms with Gasteiger partial charge < -0.3 is 4.84 Å². The van der Waals surface area contributed by atoms with Crippen molar-refractivity contribution < 1.29 is 9.76 Å². The number of nitro benzene ring substituents is 1. The molecule has 0 aliphatic rings. The molecular weight excluding hydrogens is 347 g/mol. The van der Waals surface area contributed by atoms with Crippen LogP contribution in [0.5, 0.6) is 0 Å². The summed E-state index contributed by atoms with van der Waals surface area (Å²) >= 11 is 13.5. The molecule has 0 aliphatic carbocycles. The molecule has 5 nitrogen and oxygen atoms in total. The highest BCUT2D eigenvalue weighted by Crippen LogP contribution is 2.38. The summed E-state index contributed by atoms with van der Waals surface area (Å²) in [5.74, 6) is 0. The summed E-state index contributed by atoms with van der Waals surface area (Å²) in [6.07, 6.45) is 1.41. The van der Waals surface area contributed by atoms with Gasteiger partial charge in [-0.2, -0.15) is 0 Å². The largest absolute Gasteiger partial charge is 0.399 e. The van der Waals surface area contributed by atoms with Gasteiger partial charge in [0.05, 0.1) is 21.2 Å². The van der Waals surface area contributed by atoms with E-state index in [9.17, 15) is 10.1 Å². The molecule has 22 heavy (non-hydrogen) atoms. The Balaban J connectivity index is 2.43. The molecule has 114 valence electrons. The predicted octanol–water partition coefficient (Wildman–Crippen LogP) is 5.03. The lowest BCUT2D eigenvalue weighted by atomic mass is 10.2. The van der Waals surface area contributed by atoms with E-state index in [4.69, 9.17) is 23.2 Å². The minimum Gasteiger partial charge on any atom is -0.399 e. The van der Waals surface area contributed by atoms with Gasteiger partial charge in [0.2, 0.25) is 0 Å². The van der Waals surface area contributed by atoms with Crippen LogP contribution in [0.3, 0.4) is 0 Å². The first-order chi connectivity index (χ1) is 10.5. The highest BCUT2D eigenvalue weighted by molar-refractivity contribution is 7.99. The van der Waals surface area contributed by atoms with Crippen molar-refractivity contribution in [3.05, 3.63) is 62.1 Å². The third kappa shape index (κ3) is 3.91. The Morgan fingerprint density at radius 1 is 1.27 bits per heavy atom. The number of halogens is 2. The molecule has 0 bridgehead atoms. The molecule has 0 amide bonds. The lowest BCUT2D eigenvalue weighted by Crippen LogP contribution is -1.93. The normalized spacial score (nSPS) is 10.9. The maximum atomic E-state index is 10.9. The SMILES string of the molecule is CO/N=C/c1cc([N+](=O)[O-])ccc1Sc1cccc(Cl)c1Cl. The van der Waals surface area contributed by atoms with Crippen LogP contribution in [-0.4, -0.2) is 18.2 Å². The monoisotopic (exact) mass is 356 g/mol. The Bertz CT molecular complexity index is 738. The molecule has 2 rings (SSSR count). The fourth-order valence-electron chi connectivity index (χ4n) is 1.63. The Morgan fingerprint density at radius 3 is 2.73 bits per heavy atom. The van der Waals surface area contributed by atoms with Gasteiger partial charge in [-0.1, -0.05) is 46.2 Å². The molecule has 0 N–H and O–H groups in total. The highest BCUT2D eigenvalue weighted by Gasteiger charge is 2.13. The predicted molar refractivity (Wildman–Crippen MR) is 88.3 cm³/mol. The zero-order chi connectivity index (χ0) is 16.1. The fourth-order valence-corrected chi connectivity index (χ4v) is 3.05. The minimum absolute atomic E-state index is 0.0286. The molecule has 2 aromatic carbocycles. The van der Waals surface area contributed by atoms with Crippen LogP contribution in [0.15, 0.2) is 51.3 Å². The molecule has 8 heteroatoms. The van der Waals surface area contributed by atoms with Crippen molar-refractivity contribution >= 4 is 46.9 Å². The van der Waals surface area contributed by atoms with E-state index in [-0.39, 0.29) is 5.69 Å². The zero-order valence-electron chi connectivity index (χ0n) is 11.3. The van der Waals surface area contributed by atoms with Gasteiger partial charge >= 0.3 is 0 Å². The van der Waals surface area contributed by atoms with Gasteiger partial charge in [-0.05, 0) is 18.2 Å². The maximum absolute atomic E-state index is 10.9. The number of benzene rings is 2. The number of non-ortho nitro benzene ring substituents is 1. The van der Waals surface area contributed by atoms with Crippen molar-refractivity contribution in [2.75, 3.05) is 7.11 Å². The van der Waals surface area contributed by atoms with E-state index in [0.29, 0.717) is 15.6 Å². The Morgan fingerprint density at radius 2 is 2.05 bits per heavy atom. The van der Waals surface area contributed by atoms with Crippen LogP contribution in [0.1, 0.15) is 5.56 Å². The molecular formula is C14H10Cl2N2O3S. The third-order valence-corrected chi connectivity index (χ3v) is 4.72. The van der Waals surface area contributed by atoms with Crippen molar-refractivity contribution in [1.82, 2.24) is 0 Å². The van der Waals surface area contributed by atoms with Crippen LogP contribution in [0.2, 0.25) is 10.0 Å². The summed E-state index contributed by atoms with van der Waals surface area (Å²) in [6, 6.07) is 9.77. The molecule has 0 heterocycles. The molecule has 0 aliphatic heterocycles. The zero-order valence-corrected chi connectivity index (χ0v) is 13.7. The van der Waals surface area contributed by atoms with E-state index in [1.54, 1.807) is 18.2 Å². The molecule has 0 unspecified atom stereocenters. The molecule has 0 atom stereocenters. The van der Waals surface area contributed by atoms with Crippen LogP contribution in [0, 0.1) is 10.1 Å². The molecule has 0 aromatic heterocycles. The summed E-state index contributed by atoms with van der Waals surface area (Å²) in [5, 5.41) is 15.4. The van der Waals surface area contributed by atoms with E-state index in [0.717, 1.165) is 9.79 Å². The fraction of sp³-hybridized carbons (Fsp3) is 0.0714. The lowest BCUT2D eigenvalue weighted by Gasteiger charge is -2.08. The van der Waals surface area contributed by atoms with Crippen molar-refractivity contribution in [2.24, 2.45) is 5.16 Å². The average molecular weight is 357 g/mol. The maximum Gasteiger partial charge on any atom is 0.270 e. The number of hydrogen-bond acceptors (Lipinski definition) is 5. The van der Waals surface area contributed by atoms with Crippen molar-refractivity contribution in [2.45, 2.75) is 9.79 Å². The van der Waals surface area contributed by atoms with Gasteiger partial charge in [-0.15, -0.1) is 0 Å². The number of rotatable bonds is 5. The quantitative estimate of drug-likeness (QED) is 0.428. The van der Waals surface area contributed by atoms with Gasteiger partial charge in [-0.3, -0.25) is 10.1 Å². The van der Waals surface area contributed by atoms with E-state index in [1.807, 2.05) is 6.07 Å². The Hall–Kier alpha value is -1.76. The molecule has 0 saturated carbocycles. The molecule has 0 radical (unpaired) electrons. The number of oxime groups is 1. The summed E-state index contributed by atoms with van der Waals surface area (Å²) in [5.41, 5.74) is 0.524.